The second-order valence-electron chi connectivity index (χ2n) is 24.0. The predicted octanol–water partition coefficient (Wildman–Crippen LogP) is 9.66. The fraction of sp³-hybridized carbons (Fsp3) is 0.0132. The van der Waals surface area contributed by atoms with Crippen LogP contribution in [0.4, 0.5) is 0 Å². The van der Waals surface area contributed by atoms with Crippen molar-refractivity contribution in [2.45, 2.75) is 6.92 Å². The average molecular weight is 1560 g/mol. The number of aryl methyl sites for hydroxylation is 1. The van der Waals surface area contributed by atoms with Gasteiger partial charge in [0, 0.05) is 81.9 Å². The van der Waals surface area contributed by atoms with Crippen molar-refractivity contribution in [3.05, 3.63) is 190 Å². The maximum atomic E-state index is 12.3. The Bertz CT molecular complexity index is 6570. The van der Waals surface area contributed by atoms with Crippen LogP contribution in [0.3, 0.4) is 0 Å². The lowest BCUT2D eigenvalue weighted by Gasteiger charge is -2.10. The molecule has 0 fully saturated rings. The molecular weight excluding hydrogens is 1500 g/mol. The molecule has 5 aromatic heterocycles. The Morgan fingerprint density at radius 3 is 1.03 bits per heavy atom. The SMILES string of the molecule is Cc1c(O)cc(O)c2c(=O)c(O)c(-c3ccc(O)c(O)c3)oc12.O=c1c(O)c(-c2cc(O)c(O)c(O)c2)oc2cc(O)cc(O)c12.O=c1c(O)c(-c2cc(O)c(O)c(O)c2)oc2cc(O)ccc12.O=c1c(O)c(-c2ccc(O)c(O)c2)oc2c(O)c(O)cc(O)c12.O=c1cc(-c2cc(O)c(O)c(O)c2)oc2cc(O)cc(O)c12. The Morgan fingerprint density at radius 1 is 0.221 bits per heavy atom. The zero-order valence-electron chi connectivity index (χ0n) is 56.4. The minimum atomic E-state index is -1.04. The molecule has 15 rings (SSSR count). The summed E-state index contributed by atoms with van der Waals surface area (Å²) in [6, 6.07) is 23.8. The second kappa shape index (κ2) is 29.3. The Kier molecular flexibility index (Phi) is 20.0. The molecule has 113 heavy (non-hydrogen) atoms. The number of rotatable bonds is 5. The molecule has 0 atom stereocenters. The zero-order chi connectivity index (χ0) is 82.7. The number of aromatic hydroxyl groups is 27. The summed E-state index contributed by atoms with van der Waals surface area (Å²) in [4.78, 5) is 60.8. The minimum absolute atomic E-state index is 0.0184. The molecule has 15 aromatic rings. The quantitative estimate of drug-likeness (QED) is 0.0563. The summed E-state index contributed by atoms with van der Waals surface area (Å²) in [7, 11) is 0. The highest BCUT2D eigenvalue weighted by molar-refractivity contribution is 5.95. The van der Waals surface area contributed by atoms with Crippen LogP contribution in [-0.4, -0.2) is 138 Å². The maximum Gasteiger partial charge on any atom is 0.238 e. The van der Waals surface area contributed by atoms with Crippen LogP contribution >= 0.6 is 0 Å². The number of fused-ring (bicyclic) bond motifs is 5. The molecular formula is C76H52O37. The molecule has 578 valence electrons. The molecule has 0 aliphatic carbocycles. The van der Waals surface area contributed by atoms with Gasteiger partial charge in [-0.1, -0.05) is 0 Å². The summed E-state index contributed by atoms with van der Waals surface area (Å²) in [5.41, 5.74) is -4.69. The molecule has 27 N–H and O–H groups in total. The Hall–Kier alpha value is -17.2. The standard InChI is InChI=1S/C16H12O7.2C15H10O8.2C15H10O7/c1-6-9(18)5-11(20)12-13(21)14(22)16(23-15(6)12)7-2-3-8(17)10(19)4-7;16-6-3-7(17)11-10(4-6)23-15(14(22)13(11)21)5-1-8(18)12(20)9(19)2-5;16-6-2-1-5(3-7(6)17)14-13(22)12(21)10-8(18)4-9(19)11(20)15(10)23-14;16-7-3-8(17)14-9(18)5-12(22-13(14)4-7)6-1-10(19)15(21)11(20)2-6;16-7-1-2-8-11(5-7)22-15(14(21)12(8)19)6-3-9(17)13(20)10(18)4-6/h2-5,17-20,22H,1H3;2*1-4,16-20,22H;1-5,16-17,19-21H;1-5,16-18,20-21H. The third-order valence-corrected chi connectivity index (χ3v) is 16.5. The molecule has 5 heterocycles. The Labute approximate surface area is 621 Å². The average Bonchev–Trinajstić information content (AvgIpc) is 0.758. The first-order valence-corrected chi connectivity index (χ1v) is 31.3. The van der Waals surface area contributed by atoms with E-state index in [-0.39, 0.29) is 123 Å². The minimum Gasteiger partial charge on any atom is -0.508 e. The summed E-state index contributed by atoms with van der Waals surface area (Å²) in [6.45, 7) is 1.48. The molecule has 0 amide bonds. The van der Waals surface area contributed by atoms with Crippen LogP contribution in [-0.2, 0) is 0 Å². The van der Waals surface area contributed by atoms with Gasteiger partial charge in [0.25, 0.3) is 0 Å². The molecule has 0 spiro atoms. The first-order chi connectivity index (χ1) is 53.1. The van der Waals surface area contributed by atoms with Crippen LogP contribution in [0.15, 0.2) is 180 Å². The molecule has 0 aliphatic heterocycles. The van der Waals surface area contributed by atoms with Crippen molar-refractivity contribution in [1.82, 2.24) is 0 Å². The van der Waals surface area contributed by atoms with Gasteiger partial charge in [-0.05, 0) is 91.9 Å². The van der Waals surface area contributed by atoms with Gasteiger partial charge in [-0.15, -0.1) is 0 Å². The number of phenols is 23. The van der Waals surface area contributed by atoms with Crippen molar-refractivity contribution in [1.29, 1.82) is 0 Å². The van der Waals surface area contributed by atoms with Crippen molar-refractivity contribution >= 4 is 54.8 Å². The molecule has 37 heteroatoms. The first kappa shape index (κ1) is 77.0. The summed E-state index contributed by atoms with van der Waals surface area (Å²) in [5.74, 6) is -17.3. The monoisotopic (exact) mass is 1560 g/mol. The largest absolute Gasteiger partial charge is 0.508 e. The zero-order valence-corrected chi connectivity index (χ0v) is 56.4. The summed E-state index contributed by atoms with van der Waals surface area (Å²) >= 11 is 0. The smallest absolute Gasteiger partial charge is 0.238 e. The van der Waals surface area contributed by atoms with Crippen LogP contribution in [0.25, 0.3) is 111 Å². The highest BCUT2D eigenvalue weighted by Gasteiger charge is 2.27. The van der Waals surface area contributed by atoms with E-state index in [4.69, 9.17) is 22.1 Å². The number of benzene rings is 10. The van der Waals surface area contributed by atoms with Gasteiger partial charge in [-0.2, -0.15) is 0 Å². The summed E-state index contributed by atoms with van der Waals surface area (Å²) in [5, 5.41) is 258. The van der Waals surface area contributed by atoms with Crippen LogP contribution in [0, 0.1) is 6.92 Å². The molecule has 0 saturated heterocycles. The summed E-state index contributed by atoms with van der Waals surface area (Å²) < 4.78 is 26.8. The number of hydrogen-bond donors (Lipinski definition) is 27. The van der Waals surface area contributed by atoms with E-state index in [2.05, 4.69) is 0 Å². The first-order valence-electron chi connectivity index (χ1n) is 31.3. The fourth-order valence-corrected chi connectivity index (χ4v) is 10.9. The van der Waals surface area contributed by atoms with Crippen molar-refractivity contribution in [2.24, 2.45) is 0 Å². The highest BCUT2D eigenvalue weighted by Crippen LogP contribution is 2.48. The maximum absolute atomic E-state index is 12.3. The molecule has 10 aromatic carbocycles. The van der Waals surface area contributed by atoms with E-state index in [1.807, 2.05) is 0 Å². The Balaban J connectivity index is 0.000000139. The number of hydrogen-bond acceptors (Lipinski definition) is 37. The lowest BCUT2D eigenvalue weighted by Crippen LogP contribution is -2.04. The van der Waals surface area contributed by atoms with Crippen molar-refractivity contribution < 1.29 is 160 Å². The molecule has 0 saturated carbocycles. The van der Waals surface area contributed by atoms with Crippen molar-refractivity contribution in [3.8, 4) is 212 Å². The molecule has 0 aliphatic rings. The second-order valence-corrected chi connectivity index (χ2v) is 24.0. The van der Waals surface area contributed by atoms with Gasteiger partial charge < -0.3 is 160 Å². The van der Waals surface area contributed by atoms with Crippen molar-refractivity contribution in [3.63, 3.8) is 0 Å². The van der Waals surface area contributed by atoms with Gasteiger partial charge in [0.1, 0.15) is 95.6 Å². The van der Waals surface area contributed by atoms with E-state index in [1.54, 1.807) is 0 Å². The molecule has 0 radical (unpaired) electrons. The van der Waals surface area contributed by atoms with Gasteiger partial charge in [-0.3, -0.25) is 24.0 Å². The molecule has 37 nitrogen and oxygen atoms in total. The third-order valence-electron chi connectivity index (χ3n) is 16.5. The molecule has 0 bridgehead atoms. The lowest BCUT2D eigenvalue weighted by atomic mass is 10.1. The van der Waals surface area contributed by atoms with Crippen molar-refractivity contribution in [2.75, 3.05) is 0 Å². The normalized spacial score (nSPS) is 10.9. The topological polar surface area (TPSA) is 697 Å². The summed E-state index contributed by atoms with van der Waals surface area (Å²) in [6.07, 6.45) is 0. The van der Waals surface area contributed by atoms with Gasteiger partial charge in [0.15, 0.2) is 115 Å². The van der Waals surface area contributed by atoms with E-state index < -0.39 is 176 Å². The predicted molar refractivity (Wildman–Crippen MR) is 389 cm³/mol. The van der Waals surface area contributed by atoms with Crippen LogP contribution in [0.5, 0.6) is 155 Å². The van der Waals surface area contributed by atoms with E-state index >= 15 is 0 Å². The van der Waals surface area contributed by atoms with Gasteiger partial charge >= 0.3 is 0 Å². The van der Waals surface area contributed by atoms with E-state index in [9.17, 15) is 162 Å². The highest BCUT2D eigenvalue weighted by atomic mass is 16.4. The van der Waals surface area contributed by atoms with E-state index in [0.29, 0.717) is 0 Å². The molecule has 0 unspecified atom stereocenters. The van der Waals surface area contributed by atoms with Gasteiger partial charge in [0.2, 0.25) is 50.5 Å². The van der Waals surface area contributed by atoms with E-state index in [1.165, 1.54) is 43.3 Å². The Morgan fingerprint density at radius 2 is 0.566 bits per heavy atom. The van der Waals surface area contributed by atoms with Gasteiger partial charge in [0.05, 0.1) is 5.39 Å². The fourth-order valence-electron chi connectivity index (χ4n) is 10.9. The van der Waals surface area contributed by atoms with Crippen LogP contribution < -0.4 is 27.1 Å². The van der Waals surface area contributed by atoms with Crippen LogP contribution in [0.1, 0.15) is 5.56 Å². The van der Waals surface area contributed by atoms with Crippen LogP contribution in [0.2, 0.25) is 0 Å². The lowest BCUT2D eigenvalue weighted by molar-refractivity contribution is 0.367. The third kappa shape index (κ3) is 14.5. The number of phenolic OH excluding ortho intramolecular Hbond substituents is 23. The van der Waals surface area contributed by atoms with E-state index in [0.717, 1.165) is 97.1 Å². The van der Waals surface area contributed by atoms with Gasteiger partial charge in [-0.25, -0.2) is 0 Å².